The Balaban J connectivity index is 3.15. The van der Waals surface area contributed by atoms with E-state index in [4.69, 9.17) is 0 Å². The molecular formula is C14H20. The molecule has 1 atom stereocenters. The summed E-state index contributed by atoms with van der Waals surface area (Å²) in [5, 5.41) is 0. The van der Waals surface area contributed by atoms with Crippen LogP contribution in [0, 0.1) is 6.92 Å². The lowest BCUT2D eigenvalue weighted by molar-refractivity contribution is 0.731. The Labute approximate surface area is 87.7 Å². The lowest BCUT2D eigenvalue weighted by atomic mass is 9.92. The van der Waals surface area contributed by atoms with Crippen LogP contribution in [0.5, 0.6) is 0 Å². The van der Waals surface area contributed by atoms with Crippen molar-refractivity contribution in [3.63, 3.8) is 0 Å². The zero-order chi connectivity index (χ0) is 10.6. The molecule has 0 radical (unpaired) electrons. The largest absolute Gasteiger partial charge is 0.0871 e. The van der Waals surface area contributed by atoms with Gasteiger partial charge in [-0.1, -0.05) is 49.8 Å². The van der Waals surface area contributed by atoms with E-state index in [-0.39, 0.29) is 0 Å². The smallest absolute Gasteiger partial charge is 0.0187 e. The standard InChI is InChI=1S/C14H20/c1-5-7-13-9-8-11(3)10-14(13)12(4)6-2/h5,7-10,12H,6H2,1-4H3/b7-5-. The minimum absolute atomic E-state index is 0.654. The second kappa shape index (κ2) is 4.99. The average molecular weight is 188 g/mol. The van der Waals surface area contributed by atoms with E-state index in [0.717, 1.165) is 0 Å². The second-order valence-electron chi connectivity index (χ2n) is 3.94. The third-order valence-corrected chi connectivity index (χ3v) is 2.73. The molecule has 0 N–H and O–H groups in total. The summed E-state index contributed by atoms with van der Waals surface area (Å²) in [4.78, 5) is 0. The minimum Gasteiger partial charge on any atom is -0.0871 e. The van der Waals surface area contributed by atoms with Crippen molar-refractivity contribution in [3.05, 3.63) is 41.0 Å². The number of aryl methyl sites for hydroxylation is 1. The summed E-state index contributed by atoms with van der Waals surface area (Å²) in [5.74, 6) is 0.654. The van der Waals surface area contributed by atoms with E-state index in [2.05, 4.69) is 58.0 Å². The molecule has 0 heterocycles. The van der Waals surface area contributed by atoms with Gasteiger partial charge < -0.3 is 0 Å². The van der Waals surface area contributed by atoms with E-state index >= 15 is 0 Å². The van der Waals surface area contributed by atoms with Crippen LogP contribution in [0.25, 0.3) is 6.08 Å². The fourth-order valence-corrected chi connectivity index (χ4v) is 1.67. The van der Waals surface area contributed by atoms with Gasteiger partial charge in [0, 0.05) is 0 Å². The van der Waals surface area contributed by atoms with E-state index in [1.807, 2.05) is 0 Å². The van der Waals surface area contributed by atoms with Crippen molar-refractivity contribution < 1.29 is 0 Å². The maximum Gasteiger partial charge on any atom is -0.0187 e. The molecule has 1 unspecified atom stereocenters. The fourth-order valence-electron chi connectivity index (χ4n) is 1.67. The van der Waals surface area contributed by atoms with Gasteiger partial charge in [-0.2, -0.15) is 0 Å². The van der Waals surface area contributed by atoms with Crippen LogP contribution in [0.15, 0.2) is 24.3 Å². The highest BCUT2D eigenvalue weighted by atomic mass is 14.1. The highest BCUT2D eigenvalue weighted by molar-refractivity contribution is 5.55. The van der Waals surface area contributed by atoms with Crippen molar-refractivity contribution in [3.8, 4) is 0 Å². The monoisotopic (exact) mass is 188 g/mol. The summed E-state index contributed by atoms with van der Waals surface area (Å²) in [6, 6.07) is 6.71. The third-order valence-electron chi connectivity index (χ3n) is 2.73. The van der Waals surface area contributed by atoms with Gasteiger partial charge in [-0.05, 0) is 37.3 Å². The molecule has 0 nitrogen and oxygen atoms in total. The number of allylic oxidation sites excluding steroid dienone is 1. The fraction of sp³-hybridized carbons (Fsp3) is 0.429. The van der Waals surface area contributed by atoms with Crippen LogP contribution in [0.3, 0.4) is 0 Å². The quantitative estimate of drug-likeness (QED) is 0.653. The lowest BCUT2D eigenvalue weighted by Gasteiger charge is -2.13. The van der Waals surface area contributed by atoms with Gasteiger partial charge in [0.05, 0.1) is 0 Å². The van der Waals surface area contributed by atoms with Crippen molar-refractivity contribution in [1.29, 1.82) is 0 Å². The molecule has 14 heavy (non-hydrogen) atoms. The van der Waals surface area contributed by atoms with Crippen LogP contribution in [-0.4, -0.2) is 0 Å². The van der Waals surface area contributed by atoms with Crippen molar-refractivity contribution >= 4 is 6.08 Å². The Morgan fingerprint density at radius 2 is 2.07 bits per heavy atom. The van der Waals surface area contributed by atoms with Gasteiger partial charge >= 0.3 is 0 Å². The Hall–Kier alpha value is -1.04. The average Bonchev–Trinajstić information content (AvgIpc) is 2.20. The molecular weight excluding hydrogens is 168 g/mol. The molecule has 0 aliphatic rings. The molecule has 0 spiro atoms. The topological polar surface area (TPSA) is 0 Å². The van der Waals surface area contributed by atoms with Crippen molar-refractivity contribution in [2.75, 3.05) is 0 Å². The number of hydrogen-bond acceptors (Lipinski definition) is 0. The molecule has 0 saturated heterocycles. The van der Waals surface area contributed by atoms with Gasteiger partial charge in [-0.25, -0.2) is 0 Å². The van der Waals surface area contributed by atoms with E-state index in [1.54, 1.807) is 0 Å². The summed E-state index contributed by atoms with van der Waals surface area (Å²) in [7, 11) is 0. The molecule has 1 aromatic carbocycles. The normalized spacial score (nSPS) is 13.4. The van der Waals surface area contributed by atoms with E-state index in [0.29, 0.717) is 5.92 Å². The van der Waals surface area contributed by atoms with Gasteiger partial charge in [0.1, 0.15) is 0 Å². The molecule has 1 aromatic rings. The molecule has 0 amide bonds. The molecule has 0 aromatic heterocycles. The van der Waals surface area contributed by atoms with Crippen LogP contribution in [0.1, 0.15) is 49.8 Å². The van der Waals surface area contributed by atoms with Crippen LogP contribution in [-0.2, 0) is 0 Å². The predicted molar refractivity (Wildman–Crippen MR) is 64.6 cm³/mol. The van der Waals surface area contributed by atoms with Crippen molar-refractivity contribution in [1.82, 2.24) is 0 Å². The summed E-state index contributed by atoms with van der Waals surface area (Å²) >= 11 is 0. The molecule has 0 saturated carbocycles. The first-order chi connectivity index (χ1) is 6.69. The molecule has 0 aliphatic heterocycles. The summed E-state index contributed by atoms with van der Waals surface area (Å²) in [5.41, 5.74) is 4.20. The Bertz CT molecular complexity index is 321. The first-order valence-electron chi connectivity index (χ1n) is 5.42. The predicted octanol–water partition coefficient (Wildman–Crippen LogP) is 4.54. The third kappa shape index (κ3) is 2.47. The zero-order valence-corrected chi connectivity index (χ0v) is 9.67. The molecule has 0 fully saturated rings. The lowest BCUT2D eigenvalue weighted by Crippen LogP contribution is -1.95. The van der Waals surface area contributed by atoms with Gasteiger partial charge in [0.15, 0.2) is 0 Å². The highest BCUT2D eigenvalue weighted by Crippen LogP contribution is 2.24. The minimum atomic E-state index is 0.654. The van der Waals surface area contributed by atoms with Crippen molar-refractivity contribution in [2.45, 2.75) is 40.0 Å². The first kappa shape index (κ1) is 11.0. The van der Waals surface area contributed by atoms with E-state index in [9.17, 15) is 0 Å². The first-order valence-corrected chi connectivity index (χ1v) is 5.42. The Kier molecular flexibility index (Phi) is 3.94. The van der Waals surface area contributed by atoms with Crippen LogP contribution in [0.2, 0.25) is 0 Å². The maximum absolute atomic E-state index is 2.31. The van der Waals surface area contributed by atoms with E-state index in [1.165, 1.54) is 23.1 Å². The summed E-state index contributed by atoms with van der Waals surface area (Å²) < 4.78 is 0. The van der Waals surface area contributed by atoms with Gasteiger partial charge in [0.2, 0.25) is 0 Å². The number of hydrogen-bond donors (Lipinski definition) is 0. The van der Waals surface area contributed by atoms with Gasteiger partial charge in [0.25, 0.3) is 0 Å². The molecule has 0 bridgehead atoms. The van der Waals surface area contributed by atoms with Crippen LogP contribution >= 0.6 is 0 Å². The van der Waals surface area contributed by atoms with Gasteiger partial charge in [-0.3, -0.25) is 0 Å². The highest BCUT2D eigenvalue weighted by Gasteiger charge is 2.06. The molecule has 0 aliphatic carbocycles. The summed E-state index contributed by atoms with van der Waals surface area (Å²) in [6.45, 7) is 8.76. The zero-order valence-electron chi connectivity index (χ0n) is 9.67. The molecule has 76 valence electrons. The van der Waals surface area contributed by atoms with Crippen molar-refractivity contribution in [2.24, 2.45) is 0 Å². The van der Waals surface area contributed by atoms with Gasteiger partial charge in [-0.15, -0.1) is 0 Å². The number of rotatable bonds is 3. The van der Waals surface area contributed by atoms with Crippen LogP contribution < -0.4 is 0 Å². The second-order valence-corrected chi connectivity index (χ2v) is 3.94. The SMILES string of the molecule is C/C=C\c1ccc(C)cc1C(C)CC. The molecule has 1 rings (SSSR count). The number of benzene rings is 1. The Morgan fingerprint density at radius 1 is 1.36 bits per heavy atom. The van der Waals surface area contributed by atoms with E-state index < -0.39 is 0 Å². The Morgan fingerprint density at radius 3 is 2.64 bits per heavy atom. The van der Waals surface area contributed by atoms with Crippen LogP contribution in [0.4, 0.5) is 0 Å². The molecule has 0 heteroatoms. The summed E-state index contributed by atoms with van der Waals surface area (Å²) in [6.07, 6.45) is 5.51. The maximum atomic E-state index is 2.31.